The summed E-state index contributed by atoms with van der Waals surface area (Å²) in [7, 11) is 0. The summed E-state index contributed by atoms with van der Waals surface area (Å²) in [6, 6.07) is 3.38. The Labute approximate surface area is 239 Å². The van der Waals surface area contributed by atoms with Crippen molar-refractivity contribution in [2.24, 2.45) is 0 Å². The van der Waals surface area contributed by atoms with E-state index in [0.29, 0.717) is 10.6 Å². The van der Waals surface area contributed by atoms with Crippen LogP contribution in [0.3, 0.4) is 0 Å². The van der Waals surface area contributed by atoms with Gasteiger partial charge in [0.15, 0.2) is 11.5 Å². The molecule has 41 heavy (non-hydrogen) atoms. The van der Waals surface area contributed by atoms with Crippen LogP contribution in [0, 0.1) is 6.92 Å². The van der Waals surface area contributed by atoms with Crippen LogP contribution in [-0.4, -0.2) is 60.2 Å². The number of fused-ring (bicyclic) bond motifs is 1. The monoisotopic (exact) mass is 572 g/mol. The van der Waals surface area contributed by atoms with E-state index < -0.39 is 29.4 Å². The number of amides is 2. The summed E-state index contributed by atoms with van der Waals surface area (Å²) in [4.78, 5) is 48.3. The average Bonchev–Trinajstić information content (AvgIpc) is 3.25. The first-order valence-electron chi connectivity index (χ1n) is 13.2. The highest BCUT2D eigenvalue weighted by Gasteiger charge is 2.37. The Bertz CT molecular complexity index is 1380. The third kappa shape index (κ3) is 8.29. The summed E-state index contributed by atoms with van der Waals surface area (Å²) in [6.45, 7) is 19.2. The number of ether oxygens (including phenoxy) is 3. The van der Waals surface area contributed by atoms with Crippen molar-refractivity contribution in [2.45, 2.75) is 93.5 Å². The van der Waals surface area contributed by atoms with Crippen molar-refractivity contribution in [2.75, 3.05) is 10.2 Å². The average molecular weight is 573 g/mol. The lowest BCUT2D eigenvalue weighted by Gasteiger charge is -2.29. The van der Waals surface area contributed by atoms with Gasteiger partial charge in [-0.1, -0.05) is 13.8 Å². The molecule has 0 atom stereocenters. The number of aromatic nitrogens is 4. The second kappa shape index (κ2) is 12.8. The molecule has 3 heterocycles. The van der Waals surface area contributed by atoms with Gasteiger partial charge in [-0.05, 0) is 74.4 Å². The van der Waals surface area contributed by atoms with E-state index in [4.69, 9.17) is 14.2 Å². The molecule has 0 saturated heterocycles. The maximum absolute atomic E-state index is 13.4. The van der Waals surface area contributed by atoms with Gasteiger partial charge in [-0.25, -0.2) is 24.4 Å². The topological polar surface area (TPSA) is 157 Å². The van der Waals surface area contributed by atoms with Crippen molar-refractivity contribution in [1.82, 2.24) is 19.6 Å². The number of aromatic carboxylic acids is 1. The normalized spacial score (nSPS) is 11.4. The number of carbonyl (C=O) groups excluding carboxylic acids is 2. The number of carbonyl (C=O) groups is 3. The number of hydrogen-bond acceptors (Lipinski definition) is 10. The Hall–Kier alpha value is -4.42. The van der Waals surface area contributed by atoms with Crippen molar-refractivity contribution in [3.05, 3.63) is 35.7 Å². The van der Waals surface area contributed by atoms with E-state index in [2.05, 4.69) is 20.4 Å². The zero-order chi connectivity index (χ0) is 31.3. The summed E-state index contributed by atoms with van der Waals surface area (Å²) < 4.78 is 17.9. The van der Waals surface area contributed by atoms with E-state index in [1.807, 2.05) is 27.7 Å². The fourth-order valence-corrected chi connectivity index (χ4v) is 3.39. The number of anilines is 3. The molecule has 2 amide bonds. The van der Waals surface area contributed by atoms with Gasteiger partial charge in [0.25, 0.3) is 0 Å². The molecule has 0 saturated carbocycles. The Morgan fingerprint density at radius 1 is 1.02 bits per heavy atom. The Balaban J connectivity index is 0.00000287. The van der Waals surface area contributed by atoms with Crippen LogP contribution in [0.2, 0.25) is 0 Å². The van der Waals surface area contributed by atoms with Crippen molar-refractivity contribution in [3.8, 4) is 5.88 Å². The standard InChI is InChI=1S/C26H34N6O7.C2H6/c1-14(2)37-20-17(11-10-12-27-20)29-18-15(3)21(32-19(30-18)16(13-28-32)22(33)34)31(23(35)38-25(4,5)6)24(36)39-26(7,8)9;1-2/h10-14H,1-9H3,(H,29,30)(H,33,34);1-2H3. The van der Waals surface area contributed by atoms with E-state index in [1.165, 1.54) is 0 Å². The Morgan fingerprint density at radius 3 is 2.07 bits per heavy atom. The predicted molar refractivity (Wildman–Crippen MR) is 154 cm³/mol. The van der Waals surface area contributed by atoms with Gasteiger partial charge >= 0.3 is 18.2 Å². The first-order chi connectivity index (χ1) is 19.0. The number of imide groups is 1. The largest absolute Gasteiger partial charge is 0.477 e. The van der Waals surface area contributed by atoms with Gasteiger partial charge < -0.3 is 24.6 Å². The number of pyridine rings is 1. The maximum Gasteiger partial charge on any atom is 0.425 e. The predicted octanol–water partition coefficient (Wildman–Crippen LogP) is 6.36. The molecule has 224 valence electrons. The lowest BCUT2D eigenvalue weighted by atomic mass is 10.2. The number of hydrogen-bond donors (Lipinski definition) is 2. The second-order valence-electron chi connectivity index (χ2n) is 11.0. The number of carboxylic acids is 1. The van der Waals surface area contributed by atoms with Gasteiger partial charge in [0, 0.05) is 11.8 Å². The second-order valence-corrected chi connectivity index (χ2v) is 11.0. The minimum absolute atomic E-state index is 0.117. The van der Waals surface area contributed by atoms with Crippen LogP contribution in [0.15, 0.2) is 24.5 Å². The third-order valence-electron chi connectivity index (χ3n) is 4.82. The van der Waals surface area contributed by atoms with Gasteiger partial charge in [-0.3, -0.25) is 0 Å². The van der Waals surface area contributed by atoms with Crippen LogP contribution in [0.1, 0.15) is 85.2 Å². The molecule has 0 bridgehead atoms. The van der Waals surface area contributed by atoms with Gasteiger partial charge in [0.05, 0.1) is 12.3 Å². The van der Waals surface area contributed by atoms with Gasteiger partial charge in [-0.2, -0.15) is 14.5 Å². The van der Waals surface area contributed by atoms with E-state index in [-0.39, 0.29) is 40.4 Å². The molecule has 0 radical (unpaired) electrons. The smallest absolute Gasteiger partial charge is 0.425 e. The van der Waals surface area contributed by atoms with Crippen LogP contribution in [0.5, 0.6) is 5.88 Å². The molecule has 13 heteroatoms. The lowest BCUT2D eigenvalue weighted by Crippen LogP contribution is -2.45. The molecular weight excluding hydrogens is 532 g/mol. The molecule has 0 fully saturated rings. The van der Waals surface area contributed by atoms with Crippen LogP contribution in [0.4, 0.5) is 26.9 Å². The van der Waals surface area contributed by atoms with Crippen LogP contribution in [0.25, 0.3) is 5.65 Å². The zero-order valence-corrected chi connectivity index (χ0v) is 25.5. The van der Waals surface area contributed by atoms with Gasteiger partial charge in [0.2, 0.25) is 5.88 Å². The SMILES string of the molecule is CC.Cc1c(Nc2cccnc2OC(C)C)nc2c(C(=O)O)cnn2c1N(C(=O)OC(C)(C)C)C(=O)OC(C)(C)C. The number of carboxylic acid groups (broad SMARTS) is 1. The zero-order valence-electron chi connectivity index (χ0n) is 25.5. The van der Waals surface area contributed by atoms with Crippen LogP contribution < -0.4 is 15.0 Å². The van der Waals surface area contributed by atoms with Crippen molar-refractivity contribution >= 4 is 41.1 Å². The molecule has 3 aromatic heterocycles. The maximum atomic E-state index is 13.4. The van der Waals surface area contributed by atoms with Crippen LogP contribution >= 0.6 is 0 Å². The van der Waals surface area contributed by atoms with E-state index in [9.17, 15) is 19.5 Å². The highest BCUT2D eigenvalue weighted by molar-refractivity contribution is 6.10. The Morgan fingerprint density at radius 2 is 1.59 bits per heavy atom. The van der Waals surface area contributed by atoms with Crippen molar-refractivity contribution in [3.63, 3.8) is 0 Å². The summed E-state index contributed by atoms with van der Waals surface area (Å²) in [5.74, 6) is -1.02. The molecule has 13 nitrogen and oxygen atoms in total. The highest BCUT2D eigenvalue weighted by Crippen LogP contribution is 2.34. The Kier molecular flexibility index (Phi) is 10.3. The van der Waals surface area contributed by atoms with Crippen molar-refractivity contribution < 1.29 is 33.7 Å². The highest BCUT2D eigenvalue weighted by atomic mass is 16.6. The molecular formula is C28H40N6O7. The quantitative estimate of drug-likeness (QED) is 0.338. The first kappa shape index (κ1) is 32.8. The first-order valence-corrected chi connectivity index (χ1v) is 13.2. The summed E-state index contributed by atoms with van der Waals surface area (Å²) in [5, 5.41) is 17.0. The number of nitrogens with zero attached hydrogens (tertiary/aromatic N) is 5. The van der Waals surface area contributed by atoms with E-state index in [0.717, 1.165) is 10.7 Å². The minimum atomic E-state index is -1.30. The molecule has 0 aliphatic rings. The molecule has 3 aromatic rings. The lowest BCUT2D eigenvalue weighted by molar-refractivity contribution is 0.0427. The minimum Gasteiger partial charge on any atom is -0.477 e. The molecule has 2 N–H and O–H groups in total. The van der Waals surface area contributed by atoms with Gasteiger partial charge in [-0.15, -0.1) is 0 Å². The third-order valence-corrected chi connectivity index (χ3v) is 4.82. The molecule has 0 spiro atoms. The van der Waals surface area contributed by atoms with Crippen molar-refractivity contribution in [1.29, 1.82) is 0 Å². The summed E-state index contributed by atoms with van der Waals surface area (Å²) in [6.07, 6.45) is 0.365. The molecule has 0 unspecified atom stereocenters. The molecule has 0 aliphatic heterocycles. The summed E-state index contributed by atoms with van der Waals surface area (Å²) in [5.41, 5.74) is -1.62. The molecule has 0 aromatic carbocycles. The summed E-state index contributed by atoms with van der Waals surface area (Å²) >= 11 is 0. The number of nitrogens with one attached hydrogen (secondary N) is 1. The van der Waals surface area contributed by atoms with E-state index >= 15 is 0 Å². The molecule has 3 rings (SSSR count). The fraction of sp³-hybridized carbons (Fsp3) is 0.500. The molecule has 0 aliphatic carbocycles. The van der Waals surface area contributed by atoms with Gasteiger partial charge in [0.1, 0.15) is 28.3 Å². The van der Waals surface area contributed by atoms with E-state index in [1.54, 1.807) is 66.8 Å². The van der Waals surface area contributed by atoms with Crippen LogP contribution in [-0.2, 0) is 9.47 Å². The fourth-order valence-electron chi connectivity index (χ4n) is 3.39. The number of rotatable bonds is 6.